The number of nitrogens with one attached hydrogen (secondary N) is 3. The quantitative estimate of drug-likeness (QED) is 0.0993. The summed E-state index contributed by atoms with van der Waals surface area (Å²) in [6, 6.07) is 1.14. The Morgan fingerprint density at radius 3 is 2.00 bits per heavy atom. The topological polar surface area (TPSA) is 234 Å². The van der Waals surface area contributed by atoms with Gasteiger partial charge in [0, 0.05) is 12.8 Å². The van der Waals surface area contributed by atoms with Crippen molar-refractivity contribution in [3.63, 3.8) is 0 Å². The van der Waals surface area contributed by atoms with Crippen molar-refractivity contribution in [1.29, 1.82) is 0 Å². The fourth-order valence-electron chi connectivity index (χ4n) is 3.56. The minimum absolute atomic E-state index is 0.0103. The second-order valence-electron chi connectivity index (χ2n) is 9.00. The zero-order valence-corrected chi connectivity index (χ0v) is 22.7. The number of carbonyl (C=O) groups excluding carboxylic acids is 3. The highest BCUT2D eigenvalue weighted by Gasteiger charge is 2.30. The highest BCUT2D eigenvalue weighted by molar-refractivity contribution is 7.98. The predicted molar refractivity (Wildman–Crippen MR) is 146 cm³/mol. The Bertz CT molecular complexity index is 962. The van der Waals surface area contributed by atoms with E-state index in [1.54, 1.807) is 0 Å². The third-order valence-electron chi connectivity index (χ3n) is 5.82. The SMILES string of the molecule is CSCCC(N)C(=O)NC(CCC(=O)O)C(=O)NC(Cc1ccc(O)cc1)C(=O)NC(CCCCN)C(=O)O. The summed E-state index contributed by atoms with van der Waals surface area (Å²) in [6.45, 7) is 0.365. The van der Waals surface area contributed by atoms with Crippen LogP contribution in [-0.4, -0.2) is 87.7 Å². The van der Waals surface area contributed by atoms with E-state index >= 15 is 0 Å². The van der Waals surface area contributed by atoms with Crippen LogP contribution in [0.4, 0.5) is 0 Å². The van der Waals surface area contributed by atoms with E-state index in [4.69, 9.17) is 16.6 Å². The molecular formula is C25H39N5O8S. The molecular weight excluding hydrogens is 530 g/mol. The average molecular weight is 570 g/mol. The van der Waals surface area contributed by atoms with Crippen molar-refractivity contribution in [2.75, 3.05) is 18.6 Å². The number of aliphatic carboxylic acids is 2. The normalized spacial score (nSPS) is 13.9. The summed E-state index contributed by atoms with van der Waals surface area (Å²) in [5.41, 5.74) is 11.9. The van der Waals surface area contributed by atoms with Gasteiger partial charge in [-0.25, -0.2) is 4.79 Å². The molecule has 0 spiro atoms. The molecule has 0 aliphatic heterocycles. The number of nitrogens with two attached hydrogens (primary N) is 2. The fourth-order valence-corrected chi connectivity index (χ4v) is 4.05. The van der Waals surface area contributed by atoms with Crippen LogP contribution in [0.25, 0.3) is 0 Å². The van der Waals surface area contributed by atoms with Gasteiger partial charge in [-0.3, -0.25) is 19.2 Å². The molecule has 0 radical (unpaired) electrons. The number of carboxylic acids is 2. The molecule has 0 saturated carbocycles. The van der Waals surface area contributed by atoms with Crippen LogP contribution >= 0.6 is 11.8 Å². The minimum atomic E-state index is -1.30. The zero-order valence-electron chi connectivity index (χ0n) is 21.9. The van der Waals surface area contributed by atoms with Gasteiger partial charge in [0.25, 0.3) is 0 Å². The van der Waals surface area contributed by atoms with Gasteiger partial charge in [-0.1, -0.05) is 12.1 Å². The second kappa shape index (κ2) is 18.0. The smallest absolute Gasteiger partial charge is 0.326 e. The van der Waals surface area contributed by atoms with Gasteiger partial charge < -0.3 is 42.7 Å². The molecule has 0 heterocycles. The maximum Gasteiger partial charge on any atom is 0.326 e. The number of hydrogen-bond donors (Lipinski definition) is 8. The molecule has 0 fully saturated rings. The Morgan fingerprint density at radius 2 is 1.44 bits per heavy atom. The van der Waals surface area contributed by atoms with E-state index in [1.165, 1.54) is 36.0 Å². The van der Waals surface area contributed by atoms with Gasteiger partial charge in [0.05, 0.1) is 6.04 Å². The van der Waals surface area contributed by atoms with Crippen molar-refractivity contribution in [2.45, 2.75) is 69.1 Å². The molecule has 4 atom stereocenters. The summed E-state index contributed by atoms with van der Waals surface area (Å²) in [4.78, 5) is 61.8. The lowest BCUT2D eigenvalue weighted by atomic mass is 10.0. The third-order valence-corrected chi connectivity index (χ3v) is 6.46. The van der Waals surface area contributed by atoms with E-state index in [0.717, 1.165) is 0 Å². The summed E-state index contributed by atoms with van der Waals surface area (Å²) in [7, 11) is 0. The molecule has 1 aromatic carbocycles. The Kier molecular flexibility index (Phi) is 15.6. The fraction of sp³-hybridized carbons (Fsp3) is 0.560. The average Bonchev–Trinajstić information content (AvgIpc) is 2.89. The van der Waals surface area contributed by atoms with E-state index in [2.05, 4.69) is 16.0 Å². The van der Waals surface area contributed by atoms with E-state index in [9.17, 15) is 34.2 Å². The van der Waals surface area contributed by atoms with Crippen LogP contribution in [0.3, 0.4) is 0 Å². The predicted octanol–water partition coefficient (Wildman–Crippen LogP) is -0.452. The number of amides is 3. The van der Waals surface area contributed by atoms with Crippen LogP contribution in [0.2, 0.25) is 0 Å². The number of hydrogen-bond acceptors (Lipinski definition) is 9. The molecule has 218 valence electrons. The number of carboxylic acid groups (broad SMARTS) is 2. The first-order chi connectivity index (χ1) is 18.5. The number of unbranched alkanes of at least 4 members (excludes halogenated alkanes) is 1. The van der Waals surface area contributed by atoms with Crippen molar-refractivity contribution in [1.82, 2.24) is 16.0 Å². The first-order valence-corrected chi connectivity index (χ1v) is 14.0. The molecule has 1 rings (SSSR count). The van der Waals surface area contributed by atoms with Crippen molar-refractivity contribution < 1.29 is 39.3 Å². The molecule has 39 heavy (non-hydrogen) atoms. The lowest BCUT2D eigenvalue weighted by Gasteiger charge is -2.25. The molecule has 0 aromatic heterocycles. The van der Waals surface area contributed by atoms with Gasteiger partial charge in [0.1, 0.15) is 23.9 Å². The lowest BCUT2D eigenvalue weighted by Crippen LogP contribution is -2.57. The highest BCUT2D eigenvalue weighted by Crippen LogP contribution is 2.13. The van der Waals surface area contributed by atoms with Crippen LogP contribution in [0.1, 0.15) is 44.1 Å². The van der Waals surface area contributed by atoms with E-state index in [0.29, 0.717) is 37.1 Å². The summed E-state index contributed by atoms with van der Waals surface area (Å²) < 4.78 is 0. The number of phenolic OH excluding ortho intramolecular Hbond substituents is 1. The Morgan fingerprint density at radius 1 is 0.846 bits per heavy atom. The summed E-state index contributed by atoms with van der Waals surface area (Å²) >= 11 is 1.49. The summed E-state index contributed by atoms with van der Waals surface area (Å²) in [6.07, 6.45) is 2.58. The number of rotatable bonds is 19. The van der Waals surface area contributed by atoms with Gasteiger partial charge >= 0.3 is 11.9 Å². The monoisotopic (exact) mass is 569 g/mol. The molecule has 13 nitrogen and oxygen atoms in total. The first kappa shape index (κ1) is 33.7. The van der Waals surface area contributed by atoms with Crippen molar-refractivity contribution >= 4 is 41.4 Å². The minimum Gasteiger partial charge on any atom is -0.508 e. The van der Waals surface area contributed by atoms with Crippen LogP contribution in [-0.2, 0) is 30.4 Å². The van der Waals surface area contributed by atoms with E-state index in [1.807, 2.05) is 6.26 Å². The molecule has 3 amide bonds. The number of phenols is 1. The van der Waals surface area contributed by atoms with Crippen LogP contribution in [0, 0.1) is 0 Å². The maximum atomic E-state index is 13.2. The molecule has 4 unspecified atom stereocenters. The van der Waals surface area contributed by atoms with Crippen molar-refractivity contribution in [3.05, 3.63) is 29.8 Å². The van der Waals surface area contributed by atoms with Gasteiger partial charge in [-0.15, -0.1) is 0 Å². The van der Waals surface area contributed by atoms with Gasteiger partial charge in [-0.2, -0.15) is 11.8 Å². The summed E-state index contributed by atoms with van der Waals surface area (Å²) in [5, 5.41) is 35.7. The lowest BCUT2D eigenvalue weighted by molar-refractivity contribution is -0.142. The van der Waals surface area contributed by atoms with E-state index in [-0.39, 0.29) is 25.0 Å². The highest BCUT2D eigenvalue weighted by atomic mass is 32.2. The number of thioether (sulfide) groups is 1. The standard InChI is InChI=1S/C25H39N5O8S/c1-39-13-11-17(27)22(34)28-18(9-10-21(32)33)23(35)30-20(14-15-5-7-16(31)8-6-15)24(36)29-19(25(37)38)4-2-3-12-26/h5-8,17-20,31H,2-4,9-14,26-27H2,1H3,(H,28,34)(H,29,36)(H,30,35)(H,32,33)(H,37,38). The number of aromatic hydroxyl groups is 1. The Hall–Kier alpha value is -3.36. The first-order valence-electron chi connectivity index (χ1n) is 12.6. The second-order valence-corrected chi connectivity index (χ2v) is 9.98. The summed E-state index contributed by atoms with van der Waals surface area (Å²) in [5.74, 6) is -4.09. The molecule has 1 aromatic rings. The molecule has 14 heteroatoms. The van der Waals surface area contributed by atoms with Gasteiger partial charge in [0.2, 0.25) is 17.7 Å². The van der Waals surface area contributed by atoms with Gasteiger partial charge in [-0.05, 0) is 68.4 Å². The Balaban J connectivity index is 3.14. The molecule has 0 aliphatic carbocycles. The third kappa shape index (κ3) is 13.3. The maximum absolute atomic E-state index is 13.2. The molecule has 0 bridgehead atoms. The van der Waals surface area contributed by atoms with Gasteiger partial charge in [0.15, 0.2) is 0 Å². The van der Waals surface area contributed by atoms with Crippen LogP contribution < -0.4 is 27.4 Å². The Labute approximate surface area is 231 Å². The molecule has 0 saturated heterocycles. The zero-order chi connectivity index (χ0) is 29.4. The van der Waals surface area contributed by atoms with E-state index < -0.39 is 60.2 Å². The molecule has 10 N–H and O–H groups in total. The molecule has 0 aliphatic rings. The largest absolute Gasteiger partial charge is 0.508 e. The number of carbonyl (C=O) groups is 5. The van der Waals surface area contributed by atoms with Crippen molar-refractivity contribution in [2.24, 2.45) is 11.5 Å². The van der Waals surface area contributed by atoms with Crippen LogP contribution in [0.5, 0.6) is 5.75 Å². The van der Waals surface area contributed by atoms with Crippen molar-refractivity contribution in [3.8, 4) is 5.75 Å². The number of benzene rings is 1. The van der Waals surface area contributed by atoms with Crippen LogP contribution in [0.15, 0.2) is 24.3 Å².